The van der Waals surface area contributed by atoms with Gasteiger partial charge >= 0.3 is 23.6 Å². The van der Waals surface area contributed by atoms with E-state index in [0.717, 1.165) is 19.4 Å². The van der Waals surface area contributed by atoms with Crippen molar-refractivity contribution >= 4 is 17.6 Å². The van der Waals surface area contributed by atoms with Gasteiger partial charge in [-0.1, -0.05) is 18.2 Å². The monoisotopic (exact) mass is 429 g/mol. The van der Waals surface area contributed by atoms with E-state index < -0.39 is 46.7 Å². The topological polar surface area (TPSA) is 130 Å². The number of pyridine rings is 1. The Bertz CT molecular complexity index is 1030. The molecule has 0 bridgehead atoms. The van der Waals surface area contributed by atoms with Crippen LogP contribution >= 0.6 is 0 Å². The van der Waals surface area contributed by atoms with E-state index >= 15 is 0 Å². The van der Waals surface area contributed by atoms with Gasteiger partial charge in [0.2, 0.25) is 5.91 Å². The molecule has 0 aliphatic carbocycles. The number of halogens is 3. The van der Waals surface area contributed by atoms with E-state index in [1.807, 2.05) is 0 Å². The molecule has 0 saturated carbocycles. The Morgan fingerprint density at radius 2 is 1.93 bits per heavy atom. The molecule has 0 radical (unpaired) electrons. The zero-order valence-electron chi connectivity index (χ0n) is 15.3. The van der Waals surface area contributed by atoms with Gasteiger partial charge in [-0.05, 0) is 6.07 Å². The predicted octanol–water partition coefficient (Wildman–Crippen LogP) is 1.76. The van der Waals surface area contributed by atoms with Crippen molar-refractivity contribution < 1.29 is 37.2 Å². The Hall–Kier alpha value is -3.90. The highest BCUT2D eigenvalue weighted by Crippen LogP contribution is 2.26. The third kappa shape index (κ3) is 5.80. The maximum absolute atomic E-state index is 12.4. The molecule has 0 saturated heterocycles. The molecule has 2 rings (SSSR count). The molecule has 1 aromatic heterocycles. The fraction of sp³-hybridized carbons (Fsp3) is 0.235. The lowest BCUT2D eigenvalue weighted by Gasteiger charge is -2.14. The minimum absolute atomic E-state index is 0.00446. The van der Waals surface area contributed by atoms with E-state index in [2.05, 4.69) is 14.8 Å². The normalized spacial score (nSPS) is 10.9. The van der Waals surface area contributed by atoms with E-state index in [-0.39, 0.29) is 17.7 Å². The first-order valence-corrected chi connectivity index (χ1v) is 8.09. The van der Waals surface area contributed by atoms with E-state index in [1.165, 1.54) is 18.2 Å². The van der Waals surface area contributed by atoms with Crippen molar-refractivity contribution in [1.29, 1.82) is 0 Å². The summed E-state index contributed by atoms with van der Waals surface area (Å²) in [6.07, 6.45) is -4.03. The molecule has 13 heteroatoms. The van der Waals surface area contributed by atoms with Crippen LogP contribution in [0, 0.1) is 10.1 Å². The Balaban J connectivity index is 2.20. The van der Waals surface area contributed by atoms with Crippen molar-refractivity contribution in [3.8, 4) is 5.75 Å². The summed E-state index contributed by atoms with van der Waals surface area (Å²) >= 11 is 0. The number of ether oxygens (including phenoxy) is 2. The van der Waals surface area contributed by atoms with Gasteiger partial charge in [-0.15, -0.1) is 13.2 Å². The molecule has 0 atom stereocenters. The number of esters is 1. The first kappa shape index (κ1) is 22.4. The Morgan fingerprint density at radius 1 is 1.27 bits per heavy atom. The Kier molecular flexibility index (Phi) is 6.77. The maximum Gasteiger partial charge on any atom is 0.573 e. The van der Waals surface area contributed by atoms with Crippen molar-refractivity contribution in [3.63, 3.8) is 0 Å². The molecular formula is C17H14F3N3O7. The summed E-state index contributed by atoms with van der Waals surface area (Å²) in [6.45, 7) is -1.11. The van der Waals surface area contributed by atoms with Crippen LogP contribution < -0.4 is 15.6 Å². The Morgan fingerprint density at radius 3 is 2.53 bits per heavy atom. The van der Waals surface area contributed by atoms with E-state index in [0.29, 0.717) is 10.6 Å². The number of benzene rings is 1. The number of rotatable bonds is 7. The average molecular weight is 429 g/mol. The molecule has 0 aliphatic heterocycles. The molecule has 2 aromatic rings. The van der Waals surface area contributed by atoms with Crippen LogP contribution in [0.25, 0.3) is 0 Å². The third-order valence-electron chi connectivity index (χ3n) is 3.67. The van der Waals surface area contributed by atoms with Gasteiger partial charge in [-0.3, -0.25) is 24.3 Å². The smallest absolute Gasteiger partial charge is 0.465 e. The van der Waals surface area contributed by atoms with E-state index in [9.17, 15) is 37.7 Å². The van der Waals surface area contributed by atoms with Crippen LogP contribution in [0.3, 0.4) is 0 Å². The van der Waals surface area contributed by atoms with Crippen LogP contribution in [0.15, 0.2) is 41.3 Å². The lowest BCUT2D eigenvalue weighted by molar-refractivity contribution is -0.386. The van der Waals surface area contributed by atoms with Gasteiger partial charge in [0.15, 0.2) is 0 Å². The van der Waals surface area contributed by atoms with Crippen LogP contribution in [0.2, 0.25) is 0 Å². The van der Waals surface area contributed by atoms with Gasteiger partial charge in [0.25, 0.3) is 0 Å². The van der Waals surface area contributed by atoms with Crippen molar-refractivity contribution in [3.05, 3.63) is 68.1 Å². The van der Waals surface area contributed by atoms with Crippen molar-refractivity contribution in [1.82, 2.24) is 9.88 Å². The van der Waals surface area contributed by atoms with Gasteiger partial charge in [0.05, 0.1) is 17.6 Å². The van der Waals surface area contributed by atoms with Crippen LogP contribution in [0.4, 0.5) is 18.9 Å². The molecule has 0 unspecified atom stereocenters. The molecule has 0 aliphatic rings. The van der Waals surface area contributed by atoms with Gasteiger partial charge in [0.1, 0.15) is 12.3 Å². The summed E-state index contributed by atoms with van der Waals surface area (Å²) in [5.41, 5.74) is -2.43. The second kappa shape index (κ2) is 9.07. The number of carbonyl (C=O) groups excluding carboxylic acids is 2. The quantitative estimate of drug-likeness (QED) is 0.403. The molecule has 160 valence electrons. The number of nitrogens with zero attached hydrogens (tertiary/aromatic N) is 2. The molecular weight excluding hydrogens is 415 g/mol. The Labute approximate surface area is 166 Å². The van der Waals surface area contributed by atoms with Crippen LogP contribution in [0.5, 0.6) is 5.75 Å². The molecule has 1 amide bonds. The van der Waals surface area contributed by atoms with Crippen LogP contribution in [0.1, 0.15) is 15.9 Å². The number of nitrogens with one attached hydrogen (secondary N) is 1. The van der Waals surface area contributed by atoms with Gasteiger partial charge in [-0.2, -0.15) is 0 Å². The van der Waals surface area contributed by atoms with Crippen molar-refractivity contribution in [2.24, 2.45) is 0 Å². The number of carbonyl (C=O) groups is 2. The zero-order valence-corrected chi connectivity index (χ0v) is 15.3. The molecule has 1 N–H and O–H groups in total. The van der Waals surface area contributed by atoms with E-state index in [1.54, 1.807) is 0 Å². The largest absolute Gasteiger partial charge is 0.573 e. The number of methoxy groups -OCH3 is 1. The highest BCUT2D eigenvalue weighted by molar-refractivity contribution is 5.89. The fourth-order valence-electron chi connectivity index (χ4n) is 2.38. The van der Waals surface area contributed by atoms with Gasteiger partial charge in [0, 0.05) is 24.4 Å². The molecule has 1 heterocycles. The molecule has 0 fully saturated rings. The minimum atomic E-state index is -4.93. The predicted molar refractivity (Wildman–Crippen MR) is 93.7 cm³/mol. The first-order chi connectivity index (χ1) is 14.0. The summed E-state index contributed by atoms with van der Waals surface area (Å²) < 4.78 is 46.3. The maximum atomic E-state index is 12.4. The second-order valence-corrected chi connectivity index (χ2v) is 5.73. The first-order valence-electron chi connectivity index (χ1n) is 8.09. The standard InChI is InChI=1S/C17H14F3N3O7/c1-29-16(26)11-6-12(23(27)28)15(25)22(8-11)9-14(24)21-7-10-4-2-3-5-13(10)30-17(18,19)20/h2-6,8H,7,9H2,1H3,(H,21,24). The number of para-hydroxylation sites is 1. The highest BCUT2D eigenvalue weighted by atomic mass is 19.4. The van der Waals surface area contributed by atoms with Crippen LogP contribution in [-0.2, 0) is 22.6 Å². The van der Waals surface area contributed by atoms with Gasteiger partial charge < -0.3 is 14.8 Å². The summed E-state index contributed by atoms with van der Waals surface area (Å²) in [5.74, 6) is -2.34. The molecule has 30 heavy (non-hydrogen) atoms. The number of hydrogen-bond acceptors (Lipinski definition) is 7. The summed E-state index contributed by atoms with van der Waals surface area (Å²) in [6, 6.07) is 5.80. The number of hydrogen-bond donors (Lipinski definition) is 1. The van der Waals surface area contributed by atoms with Crippen LogP contribution in [-0.4, -0.2) is 34.8 Å². The zero-order chi connectivity index (χ0) is 22.5. The highest BCUT2D eigenvalue weighted by Gasteiger charge is 2.32. The average Bonchev–Trinajstić information content (AvgIpc) is 2.66. The molecule has 1 aromatic carbocycles. The molecule has 10 nitrogen and oxygen atoms in total. The summed E-state index contributed by atoms with van der Waals surface area (Å²) in [5, 5.41) is 13.3. The lowest BCUT2D eigenvalue weighted by Crippen LogP contribution is -2.33. The number of nitro groups is 1. The second-order valence-electron chi connectivity index (χ2n) is 5.73. The summed E-state index contributed by atoms with van der Waals surface area (Å²) in [4.78, 5) is 45.9. The summed E-state index contributed by atoms with van der Waals surface area (Å²) in [7, 11) is 1.02. The third-order valence-corrected chi connectivity index (χ3v) is 3.67. The van der Waals surface area contributed by atoms with Crippen molar-refractivity contribution in [2.75, 3.05) is 7.11 Å². The fourth-order valence-corrected chi connectivity index (χ4v) is 2.38. The molecule has 0 spiro atoms. The van der Waals surface area contributed by atoms with E-state index in [4.69, 9.17) is 0 Å². The van der Waals surface area contributed by atoms with Crippen molar-refractivity contribution in [2.45, 2.75) is 19.5 Å². The number of aromatic nitrogens is 1. The number of alkyl halides is 3. The number of amides is 1. The SMILES string of the molecule is COC(=O)c1cc([N+](=O)[O-])c(=O)n(CC(=O)NCc2ccccc2OC(F)(F)F)c1. The minimum Gasteiger partial charge on any atom is -0.465 e. The lowest BCUT2D eigenvalue weighted by atomic mass is 10.2. The van der Waals surface area contributed by atoms with Gasteiger partial charge in [-0.25, -0.2) is 4.79 Å².